The van der Waals surface area contributed by atoms with Crippen LogP contribution in [0.4, 0.5) is 10.1 Å². The molecule has 6 atom stereocenters. The minimum absolute atomic E-state index is 0.133. The summed E-state index contributed by atoms with van der Waals surface area (Å²) in [4.78, 5) is 56.8. The van der Waals surface area contributed by atoms with Gasteiger partial charge >= 0.3 is 0 Å². The van der Waals surface area contributed by atoms with Crippen LogP contribution in [0.5, 0.6) is 11.5 Å². The maximum Gasteiger partial charge on any atom is 0.241 e. The van der Waals surface area contributed by atoms with Crippen LogP contribution in [-0.4, -0.2) is 47.8 Å². The van der Waals surface area contributed by atoms with Crippen LogP contribution >= 0.6 is 27.5 Å². The Morgan fingerprint density at radius 3 is 2.50 bits per heavy atom. The van der Waals surface area contributed by atoms with Crippen LogP contribution in [0.25, 0.3) is 0 Å². The predicted octanol–water partition coefficient (Wildman–Crippen LogP) is 4.82. The van der Waals surface area contributed by atoms with E-state index in [2.05, 4.69) is 15.9 Å². The molecule has 40 heavy (non-hydrogen) atoms. The van der Waals surface area contributed by atoms with E-state index >= 15 is 0 Å². The first-order chi connectivity index (χ1) is 18.9. The molecular weight excluding hydrogens is 607 g/mol. The quantitative estimate of drug-likeness (QED) is 0.385. The first-order valence-corrected chi connectivity index (χ1v) is 14.0. The molecule has 0 radical (unpaired) electrons. The number of imide groups is 2. The van der Waals surface area contributed by atoms with Crippen LogP contribution < -0.4 is 9.64 Å². The monoisotopic (exact) mass is 630 g/mol. The molecule has 2 aliphatic heterocycles. The molecule has 0 bridgehead atoms. The Morgan fingerprint density at radius 2 is 1.82 bits per heavy atom. The summed E-state index contributed by atoms with van der Waals surface area (Å²) in [7, 11) is 2.87. The lowest BCUT2D eigenvalue weighted by molar-refractivity contribution is -0.138. The van der Waals surface area contributed by atoms with Crippen molar-refractivity contribution in [2.75, 3.05) is 19.1 Å². The second kappa shape index (κ2) is 9.14. The van der Waals surface area contributed by atoms with Crippen LogP contribution in [0.3, 0.4) is 0 Å². The molecule has 0 spiro atoms. The van der Waals surface area contributed by atoms with Crippen LogP contribution in [-0.2, 0) is 19.2 Å². The van der Waals surface area contributed by atoms with Gasteiger partial charge in [0.05, 0.1) is 41.0 Å². The van der Waals surface area contributed by atoms with Gasteiger partial charge in [-0.2, -0.15) is 0 Å². The Balaban J connectivity index is 1.58. The third-order valence-electron chi connectivity index (χ3n) is 9.26. The highest BCUT2D eigenvalue weighted by Crippen LogP contribution is 2.65. The summed E-state index contributed by atoms with van der Waals surface area (Å²) < 4.78 is 20.0. The van der Waals surface area contributed by atoms with Crippen LogP contribution in [0.2, 0.25) is 5.02 Å². The number of carbonyl (C=O) groups is 4. The topological polar surface area (TPSA) is 104 Å². The van der Waals surface area contributed by atoms with Gasteiger partial charge in [0, 0.05) is 23.0 Å². The van der Waals surface area contributed by atoms with Gasteiger partial charge in [0.2, 0.25) is 23.6 Å². The zero-order chi connectivity index (χ0) is 28.8. The zero-order valence-corrected chi connectivity index (χ0v) is 24.1. The molecule has 1 N–H and O–H groups in total. The summed E-state index contributed by atoms with van der Waals surface area (Å²) in [5.74, 6) is -5.79. The summed E-state index contributed by atoms with van der Waals surface area (Å²) in [5, 5.41) is 11.1. The van der Waals surface area contributed by atoms with Gasteiger partial charge in [-0.25, -0.2) is 9.29 Å². The van der Waals surface area contributed by atoms with Crippen molar-refractivity contribution in [2.45, 2.75) is 25.7 Å². The van der Waals surface area contributed by atoms with E-state index in [4.69, 9.17) is 16.3 Å². The van der Waals surface area contributed by atoms with Gasteiger partial charge in [-0.1, -0.05) is 39.2 Å². The Hall–Kier alpha value is -3.24. The summed E-state index contributed by atoms with van der Waals surface area (Å²) in [6.45, 7) is 1.69. The number of halogens is 3. The lowest BCUT2D eigenvalue weighted by atomic mass is 9.51. The Labute approximate surface area is 242 Å². The maximum atomic E-state index is 14.4. The fourth-order valence-electron chi connectivity index (χ4n) is 7.36. The van der Waals surface area contributed by atoms with Gasteiger partial charge in [-0.3, -0.25) is 24.1 Å². The van der Waals surface area contributed by atoms with Gasteiger partial charge in [-0.15, -0.1) is 0 Å². The number of hydrogen-bond acceptors (Lipinski definition) is 6. The number of nitrogens with zero attached hydrogens (tertiary/aromatic N) is 2. The highest BCUT2D eigenvalue weighted by molar-refractivity contribution is 9.10. The standard InChI is InChI=1S/C29H25BrClFN2O6/c1-29-18(26(37)34(28(29)39)13-4-7-20(32)19(31)10-13)11-16-14(5-6-15-22(16)27(38)33(2)25(15)36)23(29)17-8-12(30)9-21(40-3)24(17)35/h4-5,7-10,15-16,18,22-23,35H,6,11H2,1-3H3/t15-,16+,18-,22-,23+,29+/m0/s1. The molecule has 11 heteroatoms. The number of ether oxygens (including phenoxy) is 1. The third-order valence-corrected chi connectivity index (χ3v) is 10.0. The van der Waals surface area contributed by atoms with Crippen LogP contribution in [0.1, 0.15) is 31.2 Å². The number of methoxy groups -OCH3 is 1. The summed E-state index contributed by atoms with van der Waals surface area (Å²) in [6, 6.07) is 6.92. The second-order valence-electron chi connectivity index (χ2n) is 11.0. The molecule has 2 heterocycles. The van der Waals surface area contributed by atoms with E-state index in [0.29, 0.717) is 16.5 Å². The van der Waals surface area contributed by atoms with Gasteiger partial charge in [0.1, 0.15) is 5.82 Å². The van der Waals surface area contributed by atoms with Gasteiger partial charge < -0.3 is 9.84 Å². The molecule has 2 aromatic rings. The van der Waals surface area contributed by atoms with E-state index in [0.717, 1.165) is 21.4 Å². The highest BCUT2D eigenvalue weighted by atomic mass is 79.9. The number of benzene rings is 2. The molecule has 208 valence electrons. The minimum atomic E-state index is -1.38. The van der Waals surface area contributed by atoms with Crippen molar-refractivity contribution in [3.63, 3.8) is 0 Å². The van der Waals surface area contributed by atoms with Crippen LogP contribution in [0.15, 0.2) is 46.5 Å². The fraction of sp³-hybridized carbons (Fsp3) is 0.379. The van der Waals surface area contributed by atoms with Gasteiger partial charge in [0.25, 0.3) is 0 Å². The summed E-state index contributed by atoms with van der Waals surface area (Å²) >= 11 is 9.48. The molecule has 2 aromatic carbocycles. The normalized spacial score (nSPS) is 31.2. The molecule has 2 saturated heterocycles. The highest BCUT2D eigenvalue weighted by Gasteiger charge is 2.67. The van der Waals surface area contributed by atoms with Crippen molar-refractivity contribution in [1.29, 1.82) is 0 Å². The first kappa shape index (κ1) is 27.0. The van der Waals surface area contributed by atoms with Gasteiger partial charge in [0.15, 0.2) is 11.5 Å². The van der Waals surface area contributed by atoms with E-state index < -0.39 is 52.6 Å². The number of allylic oxidation sites excluding steroid dienone is 2. The van der Waals surface area contributed by atoms with Crippen molar-refractivity contribution in [3.05, 3.63) is 62.9 Å². The lowest BCUT2D eigenvalue weighted by Crippen LogP contribution is -2.48. The largest absolute Gasteiger partial charge is 0.504 e. The average Bonchev–Trinajstić information content (AvgIpc) is 3.26. The number of carbonyl (C=O) groups excluding carboxylic acids is 4. The molecule has 2 aliphatic carbocycles. The molecule has 4 aliphatic rings. The molecule has 3 fully saturated rings. The first-order valence-electron chi connectivity index (χ1n) is 12.8. The molecule has 8 nitrogen and oxygen atoms in total. The molecule has 6 rings (SSSR count). The number of fused-ring (bicyclic) bond motifs is 4. The SMILES string of the molecule is COc1cc(Br)cc([C@H]2C3=CC[C@@H]4C(=O)N(C)C(=O)[C@@H]4[C@@H]3C[C@H]3C(=O)N(c4ccc(F)c(Cl)c4)C(=O)[C@@]23C)c1O. The number of amides is 4. The number of anilines is 1. The van der Waals surface area contributed by atoms with E-state index in [1.165, 1.54) is 26.3 Å². The Kier molecular flexibility index (Phi) is 6.16. The Morgan fingerprint density at radius 1 is 1.10 bits per heavy atom. The number of hydrogen-bond donors (Lipinski definition) is 1. The van der Waals surface area contributed by atoms with E-state index in [1.54, 1.807) is 19.1 Å². The van der Waals surface area contributed by atoms with Crippen molar-refractivity contribution >= 4 is 56.8 Å². The smallest absolute Gasteiger partial charge is 0.241 e. The molecule has 0 unspecified atom stereocenters. The molecular formula is C29H25BrClFN2O6. The second-order valence-corrected chi connectivity index (χ2v) is 12.4. The number of likely N-dealkylation sites (tertiary alicyclic amines) is 1. The van der Waals surface area contributed by atoms with Gasteiger partial charge in [-0.05, 0) is 56.0 Å². The molecule has 1 saturated carbocycles. The Bertz CT molecular complexity index is 1560. The number of phenolic OH excluding ortho intramolecular Hbond substituents is 1. The number of phenols is 1. The molecule has 0 aromatic heterocycles. The van der Waals surface area contributed by atoms with E-state index in [1.807, 2.05) is 6.08 Å². The average molecular weight is 632 g/mol. The summed E-state index contributed by atoms with van der Waals surface area (Å²) in [5.41, 5.74) is -0.160. The van der Waals surface area contributed by atoms with Crippen LogP contribution in [0, 0.1) is 34.9 Å². The van der Waals surface area contributed by atoms with Crippen molar-refractivity contribution < 1.29 is 33.4 Å². The lowest BCUT2D eigenvalue weighted by Gasteiger charge is -2.49. The third kappa shape index (κ3) is 3.48. The molecule has 4 amide bonds. The summed E-state index contributed by atoms with van der Waals surface area (Å²) in [6.07, 6.45) is 2.35. The number of aromatic hydroxyl groups is 1. The van der Waals surface area contributed by atoms with Crippen molar-refractivity contribution in [2.24, 2.45) is 29.1 Å². The number of rotatable bonds is 3. The van der Waals surface area contributed by atoms with E-state index in [9.17, 15) is 28.7 Å². The van der Waals surface area contributed by atoms with Crippen molar-refractivity contribution in [1.82, 2.24) is 4.90 Å². The maximum absolute atomic E-state index is 14.4. The van der Waals surface area contributed by atoms with Crippen molar-refractivity contribution in [3.8, 4) is 11.5 Å². The predicted molar refractivity (Wildman–Crippen MR) is 146 cm³/mol. The van der Waals surface area contributed by atoms with E-state index in [-0.39, 0.29) is 40.4 Å². The zero-order valence-electron chi connectivity index (χ0n) is 21.8. The minimum Gasteiger partial charge on any atom is -0.504 e. The fourth-order valence-corrected chi connectivity index (χ4v) is 7.99.